The Morgan fingerprint density at radius 3 is 2.50 bits per heavy atom. The highest BCUT2D eigenvalue weighted by Crippen LogP contribution is 2.29. The van der Waals surface area contributed by atoms with E-state index in [1.54, 1.807) is 0 Å². The lowest BCUT2D eigenvalue weighted by molar-refractivity contribution is 0.230. The van der Waals surface area contributed by atoms with Gasteiger partial charge < -0.3 is 0 Å². The lowest BCUT2D eigenvalue weighted by Crippen LogP contribution is -2.52. The van der Waals surface area contributed by atoms with Crippen molar-refractivity contribution in [3.05, 3.63) is 0 Å². The van der Waals surface area contributed by atoms with Crippen LogP contribution in [0.25, 0.3) is 0 Å². The minimum atomic E-state index is -0.422. The zero-order valence-electron chi connectivity index (χ0n) is 11.3. The van der Waals surface area contributed by atoms with E-state index in [0.717, 1.165) is 19.6 Å². The highest BCUT2D eigenvalue weighted by Gasteiger charge is 2.34. The van der Waals surface area contributed by atoms with Crippen LogP contribution >= 0.6 is 0 Å². The summed E-state index contributed by atoms with van der Waals surface area (Å²) in [5.74, 6) is 0. The molecule has 92 valence electrons. The summed E-state index contributed by atoms with van der Waals surface area (Å²) in [6, 6.07) is 2.76. The molecule has 0 amide bonds. The van der Waals surface area contributed by atoms with E-state index in [-0.39, 0.29) is 0 Å². The molecule has 0 aliphatic carbocycles. The molecule has 16 heavy (non-hydrogen) atoms. The van der Waals surface area contributed by atoms with Gasteiger partial charge in [0.2, 0.25) is 0 Å². The van der Waals surface area contributed by atoms with Crippen molar-refractivity contribution in [1.82, 2.24) is 10.2 Å². The molecular weight excluding hydrogens is 198 g/mol. The van der Waals surface area contributed by atoms with Crippen LogP contribution in [0.3, 0.4) is 0 Å². The average molecular weight is 223 g/mol. The van der Waals surface area contributed by atoms with E-state index in [1.165, 1.54) is 6.42 Å². The van der Waals surface area contributed by atoms with Crippen molar-refractivity contribution in [1.29, 1.82) is 5.26 Å². The van der Waals surface area contributed by atoms with Gasteiger partial charge in [0.1, 0.15) is 5.54 Å². The molecule has 3 nitrogen and oxygen atoms in total. The van der Waals surface area contributed by atoms with Crippen molar-refractivity contribution in [3.63, 3.8) is 0 Å². The fraction of sp³-hybridized carbons (Fsp3) is 0.923. The topological polar surface area (TPSA) is 39.1 Å². The predicted molar refractivity (Wildman–Crippen MR) is 67.1 cm³/mol. The van der Waals surface area contributed by atoms with E-state index >= 15 is 0 Å². The van der Waals surface area contributed by atoms with Gasteiger partial charge in [-0.1, -0.05) is 13.8 Å². The molecule has 1 unspecified atom stereocenters. The van der Waals surface area contributed by atoms with Gasteiger partial charge in [-0.25, -0.2) is 0 Å². The maximum atomic E-state index is 9.29. The third-order valence-electron chi connectivity index (χ3n) is 3.15. The van der Waals surface area contributed by atoms with E-state index < -0.39 is 5.54 Å². The Labute approximate surface area is 99.8 Å². The molecule has 0 saturated carbocycles. The van der Waals surface area contributed by atoms with Gasteiger partial charge >= 0.3 is 0 Å². The van der Waals surface area contributed by atoms with E-state index in [1.807, 2.05) is 6.92 Å². The standard InChI is InChI=1S/C13H25N3/c1-11(2)15-13(5,8-14)10-16-7-6-12(3,4)9-16/h11,15H,6-7,9-10H2,1-5H3. The molecular formula is C13H25N3. The Balaban J connectivity index is 2.55. The van der Waals surface area contributed by atoms with E-state index in [2.05, 4.69) is 44.0 Å². The molecule has 1 atom stereocenters. The highest BCUT2D eigenvalue weighted by atomic mass is 15.2. The van der Waals surface area contributed by atoms with Gasteiger partial charge in [-0.15, -0.1) is 0 Å². The number of rotatable bonds is 4. The molecule has 1 aliphatic rings. The number of hydrogen-bond donors (Lipinski definition) is 1. The molecule has 0 aromatic carbocycles. The molecule has 1 aliphatic heterocycles. The zero-order chi connectivity index (χ0) is 12.4. The quantitative estimate of drug-likeness (QED) is 0.792. The fourth-order valence-corrected chi connectivity index (χ4v) is 2.56. The Kier molecular flexibility index (Phi) is 3.98. The fourth-order valence-electron chi connectivity index (χ4n) is 2.56. The molecule has 3 heteroatoms. The van der Waals surface area contributed by atoms with Crippen LogP contribution in [0, 0.1) is 16.7 Å². The van der Waals surface area contributed by atoms with Crippen LogP contribution in [0.15, 0.2) is 0 Å². The Hall–Kier alpha value is -0.590. The van der Waals surface area contributed by atoms with Crippen molar-refractivity contribution in [2.24, 2.45) is 5.41 Å². The summed E-state index contributed by atoms with van der Waals surface area (Å²) in [7, 11) is 0. The molecule has 0 radical (unpaired) electrons. The van der Waals surface area contributed by atoms with Crippen LogP contribution in [0.4, 0.5) is 0 Å². The molecule has 1 heterocycles. The Morgan fingerprint density at radius 2 is 2.12 bits per heavy atom. The smallest absolute Gasteiger partial charge is 0.116 e. The molecule has 1 N–H and O–H groups in total. The lowest BCUT2D eigenvalue weighted by Gasteiger charge is -2.31. The van der Waals surface area contributed by atoms with E-state index in [4.69, 9.17) is 0 Å². The van der Waals surface area contributed by atoms with Gasteiger partial charge in [0.15, 0.2) is 0 Å². The summed E-state index contributed by atoms with van der Waals surface area (Å²) in [5.41, 5.74) is -0.0111. The zero-order valence-corrected chi connectivity index (χ0v) is 11.3. The highest BCUT2D eigenvalue weighted by molar-refractivity contribution is 5.07. The number of nitrogens with zero attached hydrogens (tertiary/aromatic N) is 2. The third-order valence-corrected chi connectivity index (χ3v) is 3.15. The first-order valence-electron chi connectivity index (χ1n) is 6.18. The minimum Gasteiger partial charge on any atom is -0.300 e. The van der Waals surface area contributed by atoms with Crippen LogP contribution in [0.2, 0.25) is 0 Å². The van der Waals surface area contributed by atoms with Gasteiger partial charge in [-0.05, 0) is 39.2 Å². The van der Waals surface area contributed by atoms with Gasteiger partial charge in [-0.2, -0.15) is 5.26 Å². The summed E-state index contributed by atoms with van der Waals surface area (Å²) < 4.78 is 0. The number of hydrogen-bond acceptors (Lipinski definition) is 3. The molecule has 0 bridgehead atoms. The van der Waals surface area contributed by atoms with Crippen LogP contribution in [0.1, 0.15) is 41.0 Å². The first-order chi connectivity index (χ1) is 7.26. The van der Waals surface area contributed by atoms with Gasteiger partial charge in [0, 0.05) is 19.1 Å². The molecule has 1 fully saturated rings. The summed E-state index contributed by atoms with van der Waals surface area (Å²) in [4.78, 5) is 2.40. The Bertz CT molecular complexity index is 277. The molecule has 1 saturated heterocycles. The summed E-state index contributed by atoms with van der Waals surface area (Å²) in [5, 5.41) is 12.6. The molecule has 0 aromatic heterocycles. The van der Waals surface area contributed by atoms with Crippen LogP contribution in [-0.2, 0) is 0 Å². The summed E-state index contributed by atoms with van der Waals surface area (Å²) in [6.07, 6.45) is 1.23. The minimum absolute atomic E-state index is 0.347. The second-order valence-electron chi connectivity index (χ2n) is 6.37. The van der Waals surface area contributed by atoms with E-state index in [9.17, 15) is 5.26 Å². The Morgan fingerprint density at radius 1 is 1.50 bits per heavy atom. The first-order valence-corrected chi connectivity index (χ1v) is 6.18. The van der Waals surface area contributed by atoms with Crippen molar-refractivity contribution in [2.75, 3.05) is 19.6 Å². The lowest BCUT2D eigenvalue weighted by atomic mass is 9.93. The number of nitriles is 1. The maximum Gasteiger partial charge on any atom is 0.116 e. The monoisotopic (exact) mass is 223 g/mol. The maximum absolute atomic E-state index is 9.29. The van der Waals surface area contributed by atoms with Gasteiger partial charge in [-0.3, -0.25) is 10.2 Å². The van der Waals surface area contributed by atoms with Crippen molar-refractivity contribution < 1.29 is 0 Å². The van der Waals surface area contributed by atoms with Crippen molar-refractivity contribution in [3.8, 4) is 6.07 Å². The van der Waals surface area contributed by atoms with Gasteiger partial charge in [0.25, 0.3) is 0 Å². The number of likely N-dealkylation sites (tertiary alicyclic amines) is 1. The molecule has 1 rings (SSSR count). The third kappa shape index (κ3) is 3.77. The predicted octanol–water partition coefficient (Wildman–Crippen LogP) is 2.00. The number of nitrogens with one attached hydrogen (secondary N) is 1. The van der Waals surface area contributed by atoms with E-state index in [0.29, 0.717) is 11.5 Å². The second kappa shape index (κ2) is 4.73. The summed E-state index contributed by atoms with van der Waals surface area (Å²) >= 11 is 0. The molecule has 0 aromatic rings. The average Bonchev–Trinajstić information content (AvgIpc) is 2.43. The van der Waals surface area contributed by atoms with Crippen LogP contribution in [0.5, 0.6) is 0 Å². The second-order valence-corrected chi connectivity index (χ2v) is 6.37. The summed E-state index contributed by atoms with van der Waals surface area (Å²) in [6.45, 7) is 13.8. The van der Waals surface area contributed by atoms with Gasteiger partial charge in [0.05, 0.1) is 6.07 Å². The largest absolute Gasteiger partial charge is 0.300 e. The SMILES string of the molecule is CC(C)NC(C)(C#N)CN1CCC(C)(C)C1. The normalized spacial score (nSPS) is 24.3. The van der Waals surface area contributed by atoms with Crippen molar-refractivity contribution in [2.45, 2.75) is 52.6 Å². The molecule has 0 spiro atoms. The van der Waals surface area contributed by atoms with Crippen LogP contribution in [-0.4, -0.2) is 36.1 Å². The van der Waals surface area contributed by atoms with Crippen LogP contribution < -0.4 is 5.32 Å². The van der Waals surface area contributed by atoms with Crippen molar-refractivity contribution >= 4 is 0 Å². The first kappa shape index (κ1) is 13.5.